The molecule has 0 N–H and O–H groups in total. The predicted octanol–water partition coefficient (Wildman–Crippen LogP) is 0.197. The minimum absolute atomic E-state index is 0. The largest absolute Gasteiger partial charge is 5.00 e. The van der Waals surface area contributed by atoms with Crippen molar-refractivity contribution in [2.24, 2.45) is 0 Å². The molecule has 0 spiro atoms. The van der Waals surface area contributed by atoms with Crippen molar-refractivity contribution in [3.8, 4) is 0 Å². The van der Waals surface area contributed by atoms with Gasteiger partial charge in [-0.2, -0.15) is 0 Å². The molecule has 6 heteroatoms. The molecule has 0 fully saturated rings. The van der Waals surface area contributed by atoms with Crippen LogP contribution in [0.2, 0.25) is 0 Å². The quantitative estimate of drug-likeness (QED) is 0.455. The van der Waals surface area contributed by atoms with Gasteiger partial charge in [0.2, 0.25) is 0 Å². The fraction of sp³-hybridized carbons (Fsp3) is 1.00. The Labute approximate surface area is 168 Å². The summed E-state index contributed by atoms with van der Waals surface area (Å²) >= 11 is 0. The Morgan fingerprint density at radius 1 is 0.375 bits per heavy atom. The minimum atomic E-state index is 0. The zero-order chi connectivity index (χ0) is 19.8. The summed E-state index contributed by atoms with van der Waals surface area (Å²) in [5.74, 6) is 0. The van der Waals surface area contributed by atoms with Crippen LogP contribution in [0.3, 0.4) is 0 Å². The van der Waals surface area contributed by atoms with Crippen molar-refractivity contribution < 1.29 is 47.9 Å². The van der Waals surface area contributed by atoms with E-state index >= 15 is 0 Å². The normalized spacial score (nSPS) is 7.00. The average Bonchev–Trinajstić information content (AvgIpc) is 2.48. The molecule has 24 heavy (non-hydrogen) atoms. The summed E-state index contributed by atoms with van der Waals surface area (Å²) < 4.78 is 0. The van der Waals surface area contributed by atoms with Crippen LogP contribution in [0.1, 0.15) is 87.0 Å². The van der Waals surface area contributed by atoms with Crippen LogP contribution in [-0.2, 0) is 22.4 Å². The van der Waals surface area contributed by atoms with E-state index in [1.54, 1.807) is 34.6 Å². The molecule has 0 saturated heterocycles. The molecule has 150 valence electrons. The maximum Gasteiger partial charge on any atom is 5.00 e. The van der Waals surface area contributed by atoms with Gasteiger partial charge in [0, 0.05) is 0 Å². The molecule has 0 radical (unpaired) electrons. The average molecular weight is 432 g/mol. The third kappa shape index (κ3) is 341. The zero-order valence-corrected chi connectivity index (χ0v) is 19.5. The van der Waals surface area contributed by atoms with Gasteiger partial charge >= 0.3 is 22.4 Å². The van der Waals surface area contributed by atoms with Gasteiger partial charge in [-0.1, -0.05) is 87.0 Å². The van der Waals surface area contributed by atoms with Gasteiger partial charge in [-0.25, -0.2) is 0 Å². The first-order chi connectivity index (χ1) is 11.0. The first-order valence-corrected chi connectivity index (χ1v) is 8.89. The van der Waals surface area contributed by atoms with Crippen LogP contribution in [0, 0.1) is 0 Å². The van der Waals surface area contributed by atoms with Crippen molar-refractivity contribution in [3.63, 3.8) is 0 Å². The van der Waals surface area contributed by atoms with E-state index in [-0.39, 0.29) is 55.4 Å². The molecular formula is C18H43NbO5. The first-order valence-electron chi connectivity index (χ1n) is 8.89. The van der Waals surface area contributed by atoms with Crippen molar-refractivity contribution in [1.29, 1.82) is 0 Å². The van der Waals surface area contributed by atoms with Gasteiger partial charge in [0.05, 0.1) is 0 Å². The van der Waals surface area contributed by atoms with E-state index in [0.717, 1.165) is 0 Å². The third-order valence-electron chi connectivity index (χ3n) is 1.46. The fourth-order valence-electron chi connectivity index (χ4n) is 0.854. The Hall–Kier alpha value is 0.540. The molecule has 0 rings (SSSR count). The summed E-state index contributed by atoms with van der Waals surface area (Å²) in [5, 5.41) is 44.7. The molecule has 0 aliphatic carbocycles. The van der Waals surface area contributed by atoms with Gasteiger partial charge in [0.15, 0.2) is 0 Å². The molecule has 0 aromatic carbocycles. The van der Waals surface area contributed by atoms with E-state index in [9.17, 15) is 0 Å². The predicted molar refractivity (Wildman–Crippen MR) is 91.8 cm³/mol. The standard InChI is InChI=1S/C8H18.5C2H5O.Nb/c1-3-5-7-8-6-4-2;5*1-2-3;/h3-8H2,1-2H3;5*2H2,1H3;/q;5*-1;+5. The Morgan fingerprint density at radius 3 is 0.583 bits per heavy atom. The van der Waals surface area contributed by atoms with Crippen LogP contribution in [-0.4, -0.2) is 33.0 Å². The van der Waals surface area contributed by atoms with E-state index in [0.29, 0.717) is 0 Å². The van der Waals surface area contributed by atoms with Crippen molar-refractivity contribution in [2.45, 2.75) is 87.0 Å². The molecule has 0 atom stereocenters. The first kappa shape index (κ1) is 44.2. The van der Waals surface area contributed by atoms with Gasteiger partial charge in [-0.05, 0) is 0 Å². The second-order valence-electron chi connectivity index (χ2n) is 3.86. The number of hydrogen-bond donors (Lipinski definition) is 0. The third-order valence-corrected chi connectivity index (χ3v) is 1.46. The van der Waals surface area contributed by atoms with Crippen LogP contribution >= 0.6 is 0 Å². The van der Waals surface area contributed by atoms with Gasteiger partial charge in [-0.15, -0.1) is 33.0 Å². The van der Waals surface area contributed by atoms with Gasteiger partial charge in [-0.3, -0.25) is 0 Å². The molecule has 0 aromatic rings. The van der Waals surface area contributed by atoms with Gasteiger partial charge in [0.1, 0.15) is 0 Å². The van der Waals surface area contributed by atoms with E-state index in [1.165, 1.54) is 38.5 Å². The molecule has 0 heterocycles. The molecule has 0 aliphatic rings. The topological polar surface area (TPSA) is 115 Å². The minimum Gasteiger partial charge on any atom is -0.855 e. The number of rotatable bonds is 5. The van der Waals surface area contributed by atoms with Crippen molar-refractivity contribution >= 4 is 0 Å². The summed E-state index contributed by atoms with van der Waals surface area (Å²) in [7, 11) is 0. The van der Waals surface area contributed by atoms with Crippen LogP contribution < -0.4 is 25.5 Å². The molecular weight excluding hydrogens is 389 g/mol. The SMILES string of the molecule is CCCCCCCC.CC[O-].CC[O-].CC[O-].CC[O-].CC[O-].[Nb+5]. The Balaban J connectivity index is -0.0000000311. The summed E-state index contributed by atoms with van der Waals surface area (Å²) in [5.41, 5.74) is 0. The van der Waals surface area contributed by atoms with Crippen molar-refractivity contribution in [3.05, 3.63) is 0 Å². The maximum absolute atomic E-state index is 8.93. The number of unbranched alkanes of at least 4 members (excludes halogenated alkanes) is 5. The Bertz CT molecular complexity index is 81.9. The van der Waals surface area contributed by atoms with Crippen LogP contribution in [0.4, 0.5) is 0 Å². The zero-order valence-electron chi connectivity index (χ0n) is 17.3. The second kappa shape index (κ2) is 89.8. The molecule has 0 aromatic heterocycles. The van der Waals surface area contributed by atoms with E-state index in [1.807, 2.05) is 0 Å². The summed E-state index contributed by atoms with van der Waals surface area (Å²) in [6.45, 7) is 12.4. The monoisotopic (exact) mass is 432 g/mol. The fourth-order valence-corrected chi connectivity index (χ4v) is 0.854. The van der Waals surface area contributed by atoms with Crippen LogP contribution in [0.5, 0.6) is 0 Å². The van der Waals surface area contributed by atoms with Crippen LogP contribution in [0.15, 0.2) is 0 Å². The summed E-state index contributed by atoms with van der Waals surface area (Å²) in [6.07, 6.45) is 8.49. The van der Waals surface area contributed by atoms with Gasteiger partial charge < -0.3 is 25.5 Å². The smallest absolute Gasteiger partial charge is 0.855 e. The Kier molecular flexibility index (Phi) is 165. The Morgan fingerprint density at radius 2 is 0.500 bits per heavy atom. The van der Waals surface area contributed by atoms with E-state index < -0.39 is 0 Å². The summed E-state index contributed by atoms with van der Waals surface area (Å²) in [6, 6.07) is 0. The summed E-state index contributed by atoms with van der Waals surface area (Å²) in [4.78, 5) is 0. The van der Waals surface area contributed by atoms with E-state index in [4.69, 9.17) is 25.5 Å². The van der Waals surface area contributed by atoms with E-state index in [2.05, 4.69) is 13.8 Å². The van der Waals surface area contributed by atoms with Crippen LogP contribution in [0.25, 0.3) is 0 Å². The number of hydrogen-bond acceptors (Lipinski definition) is 5. The van der Waals surface area contributed by atoms with Crippen molar-refractivity contribution in [2.75, 3.05) is 33.0 Å². The molecule has 0 amide bonds. The van der Waals surface area contributed by atoms with Crippen molar-refractivity contribution in [1.82, 2.24) is 0 Å². The maximum atomic E-state index is 8.93. The molecule has 0 aliphatic heterocycles. The molecule has 5 nitrogen and oxygen atoms in total. The second-order valence-corrected chi connectivity index (χ2v) is 3.86. The van der Waals surface area contributed by atoms with Gasteiger partial charge in [0.25, 0.3) is 0 Å². The molecule has 0 saturated carbocycles. The molecule has 0 bridgehead atoms. The molecule has 0 unspecified atom stereocenters.